The van der Waals surface area contributed by atoms with E-state index in [4.69, 9.17) is 9.47 Å². The van der Waals surface area contributed by atoms with Crippen LogP contribution in [0.1, 0.15) is 25.7 Å². The molecule has 44 heavy (non-hydrogen) atoms. The van der Waals surface area contributed by atoms with E-state index in [1.165, 1.54) is 7.11 Å². The molecule has 0 aliphatic carbocycles. The van der Waals surface area contributed by atoms with E-state index >= 15 is 0 Å². The Kier molecular flexibility index (Phi) is 8.33. The molecular formula is C30H43N9O5. The number of morpholine rings is 1. The second kappa shape index (κ2) is 12.5. The van der Waals surface area contributed by atoms with E-state index in [2.05, 4.69) is 67.6 Å². The number of rotatable bonds is 3. The molecule has 1 aromatic carbocycles. The maximum Gasteiger partial charge on any atom is 0.409 e. The number of ether oxygens (including phenoxy) is 2. The van der Waals surface area contributed by atoms with Crippen LogP contribution < -0.4 is 26.2 Å². The normalized spacial score (nSPS) is 33.6. The maximum atomic E-state index is 13.7. The van der Waals surface area contributed by atoms with E-state index in [1.807, 2.05) is 9.91 Å². The number of benzene rings is 1. The van der Waals surface area contributed by atoms with E-state index in [9.17, 15) is 14.4 Å². The molecule has 3 amide bonds. The Morgan fingerprint density at radius 3 is 2.61 bits per heavy atom. The van der Waals surface area contributed by atoms with Crippen molar-refractivity contribution >= 4 is 29.3 Å². The molecular weight excluding hydrogens is 566 g/mol. The summed E-state index contributed by atoms with van der Waals surface area (Å²) < 4.78 is 10.8. The average molecular weight is 610 g/mol. The SMILES string of the molecule is COC(=O)N1CCN(c2ccc(NC3NCC4C(=O)N5C/C=C\CCCN6C(=O)COC7CCC(NC76)N5C4N3)cc2)CC1. The molecule has 14 heteroatoms. The summed E-state index contributed by atoms with van der Waals surface area (Å²) in [4.78, 5) is 44.3. The fourth-order valence-electron chi connectivity index (χ4n) is 7.38. The van der Waals surface area contributed by atoms with Crippen LogP contribution in [0.15, 0.2) is 36.4 Å². The number of allylic oxidation sites excluding steroid dienone is 1. The van der Waals surface area contributed by atoms with E-state index in [1.54, 1.807) is 4.90 Å². The van der Waals surface area contributed by atoms with Crippen molar-refractivity contribution < 1.29 is 23.9 Å². The van der Waals surface area contributed by atoms with Gasteiger partial charge in [-0.3, -0.25) is 30.5 Å². The number of fused-ring (bicyclic) bond motifs is 5. The zero-order chi connectivity index (χ0) is 30.2. The van der Waals surface area contributed by atoms with Crippen molar-refractivity contribution in [2.24, 2.45) is 5.92 Å². The van der Waals surface area contributed by atoms with Crippen LogP contribution in [0.2, 0.25) is 0 Å². The van der Waals surface area contributed by atoms with E-state index in [-0.39, 0.29) is 61.3 Å². The summed E-state index contributed by atoms with van der Waals surface area (Å²) in [6.07, 6.45) is 6.46. The zero-order valence-electron chi connectivity index (χ0n) is 25.2. The topological polar surface area (TPSA) is 134 Å². The molecule has 1 aromatic rings. The van der Waals surface area contributed by atoms with Crippen molar-refractivity contribution in [2.45, 2.75) is 56.6 Å². The molecule has 238 valence electrons. The highest BCUT2D eigenvalue weighted by Crippen LogP contribution is 2.33. The molecule has 6 unspecified atom stereocenters. The third-order valence-electron chi connectivity index (χ3n) is 9.70. The number of carbonyl (C=O) groups is 3. The molecule has 0 radical (unpaired) electrons. The lowest BCUT2D eigenvalue weighted by Gasteiger charge is -2.50. The number of nitrogens with one attached hydrogen (secondary N) is 4. The summed E-state index contributed by atoms with van der Waals surface area (Å²) in [7, 11) is 1.41. The smallest absolute Gasteiger partial charge is 0.409 e. The molecule has 7 rings (SSSR count). The number of nitrogens with zero attached hydrogens (tertiary/aromatic N) is 5. The molecule has 6 aliphatic rings. The van der Waals surface area contributed by atoms with Crippen molar-refractivity contribution in [2.75, 3.05) is 69.7 Å². The van der Waals surface area contributed by atoms with Crippen LogP contribution in [-0.4, -0.2) is 128 Å². The summed E-state index contributed by atoms with van der Waals surface area (Å²) in [5, 5.41) is 18.5. The van der Waals surface area contributed by atoms with Gasteiger partial charge in [0.1, 0.15) is 19.1 Å². The molecule has 0 aromatic heterocycles. The lowest BCUT2D eigenvalue weighted by atomic mass is 9.99. The zero-order valence-corrected chi connectivity index (χ0v) is 25.2. The molecule has 0 spiro atoms. The predicted octanol–water partition coefficient (Wildman–Crippen LogP) is 0.0778. The van der Waals surface area contributed by atoms with E-state index in [0.717, 1.165) is 50.1 Å². The van der Waals surface area contributed by atoms with Gasteiger partial charge in [0, 0.05) is 50.6 Å². The molecule has 6 aliphatic heterocycles. The Hall–Kier alpha value is -3.43. The molecule has 0 saturated carbocycles. The number of amides is 3. The van der Waals surface area contributed by atoms with Crippen molar-refractivity contribution in [1.29, 1.82) is 0 Å². The standard InChI is InChI=1S/C30H43N9O5/c1-43-30(42)36-16-14-35(15-17-36)21-8-6-20(7-9-21)32-29-31-18-22-26(34-29)39-24-11-10-23-27(33-24)37(25(40)19-44-23)12-4-2-3-5-13-38(39)28(22)41/h3,5-9,22-24,26-27,29,31-34H,2,4,10-19H2,1H3/b5-3-. The van der Waals surface area contributed by atoms with Gasteiger partial charge in [-0.25, -0.2) is 4.79 Å². The van der Waals surface area contributed by atoms with E-state index < -0.39 is 0 Å². The first-order valence-corrected chi connectivity index (χ1v) is 15.9. The average Bonchev–Trinajstić information content (AvgIpc) is 3.32. The van der Waals surface area contributed by atoms with Gasteiger partial charge in [0.15, 0.2) is 0 Å². The van der Waals surface area contributed by atoms with Crippen LogP contribution in [0, 0.1) is 5.92 Å². The number of carbonyl (C=O) groups excluding carboxylic acids is 3. The van der Waals surface area contributed by atoms with Gasteiger partial charge >= 0.3 is 6.09 Å². The van der Waals surface area contributed by atoms with Gasteiger partial charge < -0.3 is 29.5 Å². The molecule has 6 heterocycles. The van der Waals surface area contributed by atoms with Crippen LogP contribution in [0.3, 0.4) is 0 Å². The highest BCUT2D eigenvalue weighted by atomic mass is 16.5. The number of piperidine rings is 1. The van der Waals surface area contributed by atoms with Gasteiger partial charge in [0.25, 0.3) is 0 Å². The molecule has 5 saturated heterocycles. The molecule has 5 fully saturated rings. The Labute approximate surface area is 257 Å². The van der Waals surface area contributed by atoms with Crippen molar-refractivity contribution in [3.05, 3.63) is 36.4 Å². The summed E-state index contributed by atoms with van der Waals surface area (Å²) in [5.41, 5.74) is 2.06. The lowest BCUT2D eigenvalue weighted by molar-refractivity contribution is -0.176. The van der Waals surface area contributed by atoms with Crippen LogP contribution >= 0.6 is 0 Å². The highest BCUT2D eigenvalue weighted by molar-refractivity contribution is 5.82. The minimum absolute atomic E-state index is 0.0198. The van der Waals surface area contributed by atoms with Crippen molar-refractivity contribution in [3.8, 4) is 0 Å². The second-order valence-electron chi connectivity index (χ2n) is 12.2. The van der Waals surface area contributed by atoms with Crippen molar-refractivity contribution in [3.63, 3.8) is 0 Å². The van der Waals surface area contributed by atoms with Gasteiger partial charge in [-0.2, -0.15) is 5.01 Å². The predicted molar refractivity (Wildman–Crippen MR) is 162 cm³/mol. The first kappa shape index (κ1) is 29.3. The summed E-state index contributed by atoms with van der Waals surface area (Å²) >= 11 is 0. The lowest BCUT2D eigenvalue weighted by Crippen LogP contribution is -2.72. The Bertz CT molecular complexity index is 1260. The number of hydrazine groups is 1. The quantitative estimate of drug-likeness (QED) is 0.347. The third-order valence-corrected chi connectivity index (χ3v) is 9.70. The highest BCUT2D eigenvalue weighted by Gasteiger charge is 2.53. The molecule has 14 nitrogen and oxygen atoms in total. The Balaban J connectivity index is 1.04. The van der Waals surface area contributed by atoms with Gasteiger partial charge in [-0.15, -0.1) is 0 Å². The van der Waals surface area contributed by atoms with Crippen LogP contribution in [0.25, 0.3) is 0 Å². The van der Waals surface area contributed by atoms with Crippen LogP contribution in [0.4, 0.5) is 16.2 Å². The molecule has 4 N–H and O–H groups in total. The summed E-state index contributed by atoms with van der Waals surface area (Å²) in [6.45, 7) is 4.65. The number of piperazine rings is 1. The van der Waals surface area contributed by atoms with Crippen LogP contribution in [0.5, 0.6) is 0 Å². The van der Waals surface area contributed by atoms with Gasteiger partial charge in [0.05, 0.1) is 38.0 Å². The minimum atomic E-state index is -0.279. The first-order chi connectivity index (χ1) is 21.5. The minimum Gasteiger partial charge on any atom is -0.453 e. The van der Waals surface area contributed by atoms with Crippen molar-refractivity contribution in [1.82, 2.24) is 35.8 Å². The van der Waals surface area contributed by atoms with Gasteiger partial charge in [-0.1, -0.05) is 12.2 Å². The van der Waals surface area contributed by atoms with Crippen LogP contribution in [-0.2, 0) is 19.1 Å². The first-order valence-electron chi connectivity index (χ1n) is 15.9. The Morgan fingerprint density at radius 2 is 1.82 bits per heavy atom. The summed E-state index contributed by atoms with van der Waals surface area (Å²) in [6, 6.07) is 8.30. The Morgan fingerprint density at radius 1 is 1.00 bits per heavy atom. The fraction of sp³-hybridized carbons (Fsp3) is 0.633. The molecule has 6 atom stereocenters. The third kappa shape index (κ3) is 5.60. The number of hydrogen-bond acceptors (Lipinski definition) is 11. The monoisotopic (exact) mass is 609 g/mol. The maximum absolute atomic E-state index is 13.7. The largest absolute Gasteiger partial charge is 0.453 e. The van der Waals surface area contributed by atoms with E-state index in [0.29, 0.717) is 32.7 Å². The number of anilines is 2. The summed E-state index contributed by atoms with van der Waals surface area (Å²) in [5.74, 6) is -0.118. The second-order valence-corrected chi connectivity index (χ2v) is 12.2. The van der Waals surface area contributed by atoms with Gasteiger partial charge in [-0.05, 0) is 49.9 Å². The fourth-order valence-corrected chi connectivity index (χ4v) is 7.38. The number of methoxy groups -OCH3 is 1. The molecule has 2 bridgehead atoms. The number of hydrogen-bond donors (Lipinski definition) is 4. The van der Waals surface area contributed by atoms with Gasteiger partial charge in [0.2, 0.25) is 11.8 Å².